The van der Waals surface area contributed by atoms with Gasteiger partial charge in [0.1, 0.15) is 0 Å². The topological polar surface area (TPSA) is 98.7 Å². The normalized spacial score (nSPS) is 25.7. The van der Waals surface area contributed by atoms with Gasteiger partial charge in [-0.3, -0.25) is 9.59 Å². The van der Waals surface area contributed by atoms with E-state index in [1.165, 1.54) is 6.92 Å². The molecular formula is C14H21N3O4. The van der Waals surface area contributed by atoms with Crippen molar-refractivity contribution in [2.24, 2.45) is 5.92 Å². The van der Waals surface area contributed by atoms with Crippen molar-refractivity contribution in [2.75, 3.05) is 13.1 Å². The Hall–Kier alpha value is -2.05. The zero-order chi connectivity index (χ0) is 15.4. The van der Waals surface area contributed by atoms with Crippen LogP contribution in [0, 0.1) is 5.92 Å². The average Bonchev–Trinajstić information content (AvgIpc) is 2.87. The predicted octanol–water partition coefficient (Wildman–Crippen LogP) is 0.326. The van der Waals surface area contributed by atoms with Gasteiger partial charge < -0.3 is 20.6 Å². The summed E-state index contributed by atoms with van der Waals surface area (Å²) in [6.45, 7) is 2.68. The molecule has 0 saturated carbocycles. The molecule has 2 unspecified atom stereocenters. The highest BCUT2D eigenvalue weighted by Crippen LogP contribution is 2.18. The van der Waals surface area contributed by atoms with Crippen LogP contribution in [0.2, 0.25) is 0 Å². The summed E-state index contributed by atoms with van der Waals surface area (Å²) in [6.07, 6.45) is 5.25. The number of rotatable bonds is 3. The Morgan fingerprint density at radius 2 is 1.81 bits per heavy atom. The number of likely N-dealkylation sites (tertiary alicyclic amines) is 1. The van der Waals surface area contributed by atoms with Gasteiger partial charge in [0.05, 0.1) is 12.0 Å². The monoisotopic (exact) mass is 295 g/mol. The molecule has 0 aromatic rings. The molecule has 2 rings (SSSR count). The Kier molecular flexibility index (Phi) is 4.82. The number of carbonyl (C=O) groups excluding carboxylic acids is 2. The minimum absolute atomic E-state index is 0.0475. The van der Waals surface area contributed by atoms with Crippen LogP contribution in [-0.4, -0.2) is 53.1 Å². The minimum atomic E-state index is -0.862. The zero-order valence-electron chi connectivity index (χ0n) is 12.0. The largest absolute Gasteiger partial charge is 0.481 e. The third-order valence-corrected chi connectivity index (χ3v) is 3.90. The van der Waals surface area contributed by atoms with Crippen molar-refractivity contribution in [1.82, 2.24) is 15.5 Å². The Morgan fingerprint density at radius 1 is 1.14 bits per heavy atom. The molecule has 0 bridgehead atoms. The fourth-order valence-corrected chi connectivity index (χ4v) is 2.75. The fraction of sp³-hybridized carbons (Fsp3) is 0.643. The van der Waals surface area contributed by atoms with Gasteiger partial charge in [-0.2, -0.15) is 0 Å². The minimum Gasteiger partial charge on any atom is -0.481 e. The first-order chi connectivity index (χ1) is 9.95. The molecule has 0 radical (unpaired) electrons. The Bertz CT molecular complexity index is 455. The molecule has 7 heteroatoms. The van der Waals surface area contributed by atoms with Crippen LogP contribution in [0.25, 0.3) is 0 Å². The summed E-state index contributed by atoms with van der Waals surface area (Å²) in [4.78, 5) is 35.6. The van der Waals surface area contributed by atoms with Crippen molar-refractivity contribution in [1.29, 1.82) is 0 Å². The van der Waals surface area contributed by atoms with Gasteiger partial charge in [0.25, 0.3) is 0 Å². The van der Waals surface area contributed by atoms with Crippen LogP contribution in [0.1, 0.15) is 26.2 Å². The Morgan fingerprint density at radius 3 is 2.33 bits per heavy atom. The Labute approximate surface area is 123 Å². The number of hydrogen-bond acceptors (Lipinski definition) is 3. The number of piperidine rings is 1. The number of nitrogens with zero attached hydrogens (tertiary/aromatic N) is 1. The van der Waals surface area contributed by atoms with E-state index < -0.39 is 11.9 Å². The number of carbonyl (C=O) groups is 3. The van der Waals surface area contributed by atoms with Crippen LogP contribution in [0.4, 0.5) is 4.79 Å². The summed E-state index contributed by atoms with van der Waals surface area (Å²) in [5, 5.41) is 14.6. The first-order valence-corrected chi connectivity index (χ1v) is 7.19. The zero-order valence-corrected chi connectivity index (χ0v) is 12.0. The van der Waals surface area contributed by atoms with Crippen LogP contribution in [0.5, 0.6) is 0 Å². The molecule has 1 aliphatic carbocycles. The molecule has 1 aliphatic heterocycles. The summed E-state index contributed by atoms with van der Waals surface area (Å²) < 4.78 is 0. The lowest BCUT2D eigenvalue weighted by Gasteiger charge is -2.32. The number of carboxylic acids is 1. The molecule has 0 spiro atoms. The number of nitrogens with one attached hydrogen (secondary N) is 2. The molecule has 0 aromatic heterocycles. The molecule has 0 aromatic carbocycles. The lowest BCUT2D eigenvalue weighted by molar-refractivity contribution is -0.140. The smallest absolute Gasteiger partial charge is 0.317 e. The molecule has 3 amide bonds. The highest BCUT2D eigenvalue weighted by molar-refractivity contribution is 5.77. The first kappa shape index (κ1) is 15.3. The second-order valence-electron chi connectivity index (χ2n) is 5.58. The maximum Gasteiger partial charge on any atom is 0.317 e. The quantitative estimate of drug-likeness (QED) is 0.653. The summed E-state index contributed by atoms with van der Waals surface area (Å²) in [5.74, 6) is -1.42. The molecular weight excluding hydrogens is 274 g/mol. The highest BCUT2D eigenvalue weighted by Gasteiger charge is 2.28. The first-order valence-electron chi connectivity index (χ1n) is 7.19. The average molecular weight is 295 g/mol. The molecule has 116 valence electrons. The van der Waals surface area contributed by atoms with Gasteiger partial charge in [0.2, 0.25) is 5.91 Å². The maximum atomic E-state index is 12.1. The molecule has 21 heavy (non-hydrogen) atoms. The predicted molar refractivity (Wildman–Crippen MR) is 75.6 cm³/mol. The number of hydrogen-bond donors (Lipinski definition) is 3. The highest BCUT2D eigenvalue weighted by atomic mass is 16.4. The van der Waals surface area contributed by atoms with Crippen LogP contribution < -0.4 is 10.6 Å². The molecule has 2 aliphatic rings. The fourth-order valence-electron chi connectivity index (χ4n) is 2.75. The third kappa shape index (κ3) is 4.21. The van der Waals surface area contributed by atoms with Crippen molar-refractivity contribution in [3.05, 3.63) is 12.2 Å². The van der Waals surface area contributed by atoms with E-state index in [4.69, 9.17) is 5.11 Å². The molecule has 3 N–H and O–H groups in total. The number of amides is 3. The third-order valence-electron chi connectivity index (χ3n) is 3.90. The number of aliphatic carboxylic acids is 1. The molecule has 1 fully saturated rings. The van der Waals surface area contributed by atoms with E-state index in [0.29, 0.717) is 19.5 Å². The summed E-state index contributed by atoms with van der Waals surface area (Å²) >= 11 is 0. The van der Waals surface area contributed by atoms with Gasteiger partial charge in [0.15, 0.2) is 0 Å². The molecule has 7 nitrogen and oxygen atoms in total. The van der Waals surface area contributed by atoms with Gasteiger partial charge in [-0.25, -0.2) is 4.79 Å². The number of urea groups is 1. The molecule has 2 atom stereocenters. The van der Waals surface area contributed by atoms with E-state index >= 15 is 0 Å². The number of carboxylic acid groups (broad SMARTS) is 1. The summed E-state index contributed by atoms with van der Waals surface area (Å²) in [5.41, 5.74) is 0. The van der Waals surface area contributed by atoms with Crippen LogP contribution in [0.3, 0.4) is 0 Å². The van der Waals surface area contributed by atoms with Gasteiger partial charge in [-0.05, 0) is 19.3 Å². The SMILES string of the molecule is CC(=O)NC1CCN(C(=O)NC2C=CC(C(=O)O)C2)CC1. The van der Waals surface area contributed by atoms with E-state index in [2.05, 4.69) is 10.6 Å². The van der Waals surface area contributed by atoms with Gasteiger partial charge in [-0.15, -0.1) is 0 Å². The van der Waals surface area contributed by atoms with Gasteiger partial charge in [-0.1, -0.05) is 12.2 Å². The van der Waals surface area contributed by atoms with Crippen LogP contribution in [-0.2, 0) is 9.59 Å². The van der Waals surface area contributed by atoms with Crippen molar-refractivity contribution in [2.45, 2.75) is 38.3 Å². The second-order valence-corrected chi connectivity index (χ2v) is 5.58. The standard InChI is InChI=1S/C14H21N3O4/c1-9(18)15-11-4-6-17(7-5-11)14(21)16-12-3-2-10(8-12)13(19)20/h2-3,10-12H,4-8H2,1H3,(H,15,18)(H,16,21)(H,19,20). The van der Waals surface area contributed by atoms with E-state index in [-0.39, 0.29) is 24.0 Å². The van der Waals surface area contributed by atoms with Crippen molar-refractivity contribution >= 4 is 17.9 Å². The lowest BCUT2D eigenvalue weighted by Crippen LogP contribution is -2.50. The summed E-state index contributed by atoms with van der Waals surface area (Å²) in [6, 6.07) is -0.252. The van der Waals surface area contributed by atoms with Crippen LogP contribution >= 0.6 is 0 Å². The van der Waals surface area contributed by atoms with Crippen molar-refractivity contribution in [3.8, 4) is 0 Å². The van der Waals surface area contributed by atoms with E-state index in [0.717, 1.165) is 12.8 Å². The second kappa shape index (κ2) is 6.60. The summed E-state index contributed by atoms with van der Waals surface area (Å²) in [7, 11) is 0. The van der Waals surface area contributed by atoms with Gasteiger partial charge >= 0.3 is 12.0 Å². The molecule has 1 saturated heterocycles. The lowest BCUT2D eigenvalue weighted by atomic mass is 10.1. The Balaban J connectivity index is 1.74. The maximum absolute atomic E-state index is 12.1. The van der Waals surface area contributed by atoms with Crippen molar-refractivity contribution < 1.29 is 19.5 Å². The van der Waals surface area contributed by atoms with E-state index in [1.807, 2.05) is 0 Å². The van der Waals surface area contributed by atoms with Crippen molar-refractivity contribution in [3.63, 3.8) is 0 Å². The van der Waals surface area contributed by atoms with E-state index in [1.54, 1.807) is 17.1 Å². The van der Waals surface area contributed by atoms with Crippen LogP contribution in [0.15, 0.2) is 12.2 Å². The van der Waals surface area contributed by atoms with Gasteiger partial charge in [0, 0.05) is 26.1 Å². The van der Waals surface area contributed by atoms with E-state index in [9.17, 15) is 14.4 Å². The molecule has 1 heterocycles.